The number of thiophene rings is 1. The van der Waals surface area contributed by atoms with Crippen LogP contribution in [0.3, 0.4) is 0 Å². The summed E-state index contributed by atoms with van der Waals surface area (Å²) >= 11 is 25.4. The van der Waals surface area contributed by atoms with Gasteiger partial charge in [0.1, 0.15) is 34.9 Å². The Hall–Kier alpha value is -1.02. The summed E-state index contributed by atoms with van der Waals surface area (Å²) in [6, 6.07) is 6.44. The first-order chi connectivity index (χ1) is 11.9. The zero-order chi connectivity index (χ0) is 18.0. The summed E-state index contributed by atoms with van der Waals surface area (Å²) in [5.41, 5.74) is -1.04. The summed E-state index contributed by atoms with van der Waals surface area (Å²) in [6.45, 7) is -0.0496. The molecule has 0 fully saturated rings. The molecule has 1 unspecified atom stereocenters. The molecule has 0 radical (unpaired) electrons. The van der Waals surface area contributed by atoms with E-state index in [0.717, 1.165) is 11.3 Å². The van der Waals surface area contributed by atoms with Crippen LogP contribution in [0.15, 0.2) is 36.9 Å². The van der Waals surface area contributed by atoms with Crippen molar-refractivity contribution in [3.05, 3.63) is 61.2 Å². The molecular weight excluding hydrogens is 428 g/mol. The van der Waals surface area contributed by atoms with Crippen LogP contribution in [0.4, 0.5) is 0 Å². The van der Waals surface area contributed by atoms with Crippen LogP contribution < -0.4 is 4.74 Å². The molecule has 0 spiro atoms. The molecule has 1 atom stereocenters. The molecule has 0 bridgehead atoms. The molecule has 0 saturated heterocycles. The van der Waals surface area contributed by atoms with E-state index in [0.29, 0.717) is 30.0 Å². The highest BCUT2D eigenvalue weighted by atomic mass is 35.5. The van der Waals surface area contributed by atoms with E-state index in [4.69, 9.17) is 51.1 Å². The Kier molecular flexibility index (Phi) is 5.78. The third-order valence-corrected chi connectivity index (χ3v) is 5.43. The average Bonchev–Trinajstić information content (AvgIpc) is 3.16. The van der Waals surface area contributed by atoms with Crippen LogP contribution >= 0.6 is 57.7 Å². The fourth-order valence-electron chi connectivity index (χ4n) is 2.24. The Labute approximate surface area is 167 Å². The molecule has 0 aliphatic rings. The van der Waals surface area contributed by atoms with E-state index in [2.05, 4.69) is 10.1 Å². The summed E-state index contributed by atoms with van der Waals surface area (Å²) in [5, 5.41) is 16.1. The van der Waals surface area contributed by atoms with Gasteiger partial charge >= 0.3 is 0 Å². The molecule has 25 heavy (non-hydrogen) atoms. The highest BCUT2D eigenvalue weighted by molar-refractivity contribution is 7.20. The molecule has 3 aromatic rings. The van der Waals surface area contributed by atoms with Gasteiger partial charge in [-0.05, 0) is 24.3 Å². The van der Waals surface area contributed by atoms with Gasteiger partial charge in [0.15, 0.2) is 0 Å². The molecule has 1 N–H and O–H groups in total. The lowest BCUT2D eigenvalue weighted by Gasteiger charge is -2.28. The fraction of sp³-hybridized carbons (Fsp3) is 0.200. The molecule has 5 nitrogen and oxygen atoms in total. The van der Waals surface area contributed by atoms with E-state index in [9.17, 15) is 5.11 Å². The number of benzene rings is 1. The van der Waals surface area contributed by atoms with Crippen molar-refractivity contribution in [3.8, 4) is 5.75 Å². The summed E-state index contributed by atoms with van der Waals surface area (Å²) in [4.78, 5) is 3.88. The van der Waals surface area contributed by atoms with E-state index >= 15 is 0 Å². The lowest BCUT2D eigenvalue weighted by Crippen LogP contribution is -2.38. The fourth-order valence-corrected chi connectivity index (χ4v) is 4.35. The number of nitrogens with zero attached hydrogens (tertiary/aromatic N) is 3. The van der Waals surface area contributed by atoms with Crippen molar-refractivity contribution >= 4 is 57.7 Å². The Morgan fingerprint density at radius 1 is 1.20 bits per heavy atom. The van der Waals surface area contributed by atoms with Crippen LogP contribution in [0.25, 0.3) is 0 Å². The van der Waals surface area contributed by atoms with Crippen molar-refractivity contribution in [2.75, 3.05) is 6.61 Å². The zero-order valence-electron chi connectivity index (χ0n) is 12.5. The van der Waals surface area contributed by atoms with Crippen molar-refractivity contribution < 1.29 is 9.84 Å². The summed E-state index contributed by atoms with van der Waals surface area (Å²) < 4.78 is 8.04. The number of hydrogen-bond acceptors (Lipinski definition) is 5. The minimum absolute atomic E-state index is 0.0744. The van der Waals surface area contributed by atoms with E-state index in [1.807, 2.05) is 0 Å². The normalized spacial score (nSPS) is 13.6. The van der Waals surface area contributed by atoms with Gasteiger partial charge in [-0.25, -0.2) is 9.67 Å². The van der Waals surface area contributed by atoms with E-state index in [1.54, 1.807) is 24.3 Å². The second kappa shape index (κ2) is 7.70. The van der Waals surface area contributed by atoms with Gasteiger partial charge < -0.3 is 9.84 Å². The second-order valence-electron chi connectivity index (χ2n) is 5.23. The smallest absolute Gasteiger partial charge is 0.145 e. The van der Waals surface area contributed by atoms with Gasteiger partial charge in [-0.1, -0.05) is 46.4 Å². The standard InChI is InChI=1S/C15H11Cl4N3O2S/c16-9-1-2-12(11(17)3-9)24-6-15(23,5-22-8-20-7-21-22)10-4-13(18)25-14(10)19/h1-4,7-8,23H,5-6H2. The number of hydrogen-bond donors (Lipinski definition) is 1. The summed E-state index contributed by atoms with van der Waals surface area (Å²) in [6.07, 6.45) is 2.86. The number of aliphatic hydroxyl groups is 1. The van der Waals surface area contributed by atoms with Crippen LogP contribution in [0.5, 0.6) is 5.75 Å². The van der Waals surface area contributed by atoms with Crippen LogP contribution in [-0.4, -0.2) is 26.5 Å². The Morgan fingerprint density at radius 3 is 2.60 bits per heavy atom. The third kappa shape index (κ3) is 4.39. The third-order valence-electron chi connectivity index (χ3n) is 3.41. The lowest BCUT2D eigenvalue weighted by molar-refractivity contribution is -0.0265. The van der Waals surface area contributed by atoms with Crippen molar-refractivity contribution in [1.29, 1.82) is 0 Å². The van der Waals surface area contributed by atoms with Gasteiger partial charge in [0.2, 0.25) is 0 Å². The van der Waals surface area contributed by atoms with Crippen LogP contribution in [0.2, 0.25) is 18.7 Å². The highest BCUT2D eigenvalue weighted by Gasteiger charge is 2.35. The molecule has 0 saturated carbocycles. The minimum atomic E-state index is -1.49. The SMILES string of the molecule is OC(COc1ccc(Cl)cc1Cl)(Cn1cncn1)c1cc(Cl)sc1Cl. The first kappa shape index (κ1) is 18.8. The van der Waals surface area contributed by atoms with Crippen LogP contribution in [0.1, 0.15) is 5.56 Å². The first-order valence-electron chi connectivity index (χ1n) is 6.95. The predicted molar refractivity (Wildman–Crippen MR) is 100 cm³/mol. The van der Waals surface area contributed by atoms with E-state index in [1.165, 1.54) is 17.3 Å². The predicted octanol–water partition coefficient (Wildman–Crippen LogP) is 4.92. The summed E-state index contributed by atoms with van der Waals surface area (Å²) in [7, 11) is 0. The number of aromatic nitrogens is 3. The minimum Gasteiger partial charge on any atom is -0.489 e. The second-order valence-corrected chi connectivity index (χ2v) is 8.36. The Balaban J connectivity index is 1.89. The maximum atomic E-state index is 11.2. The lowest BCUT2D eigenvalue weighted by atomic mass is 9.97. The van der Waals surface area contributed by atoms with Crippen molar-refractivity contribution in [1.82, 2.24) is 14.8 Å². The maximum Gasteiger partial charge on any atom is 0.145 e. The van der Waals surface area contributed by atoms with E-state index in [-0.39, 0.29) is 13.2 Å². The topological polar surface area (TPSA) is 60.2 Å². The average molecular weight is 439 g/mol. The van der Waals surface area contributed by atoms with Gasteiger partial charge in [0.25, 0.3) is 0 Å². The van der Waals surface area contributed by atoms with Gasteiger partial charge in [-0.3, -0.25) is 0 Å². The Morgan fingerprint density at radius 2 is 2.00 bits per heavy atom. The zero-order valence-corrected chi connectivity index (χ0v) is 16.3. The molecule has 1 aromatic carbocycles. The molecule has 0 aliphatic carbocycles. The highest BCUT2D eigenvalue weighted by Crippen LogP contribution is 2.39. The van der Waals surface area contributed by atoms with Crippen molar-refractivity contribution in [2.45, 2.75) is 12.1 Å². The Bertz CT molecular complexity index is 872. The van der Waals surface area contributed by atoms with Crippen LogP contribution in [-0.2, 0) is 12.1 Å². The number of rotatable bonds is 6. The quantitative estimate of drug-likeness (QED) is 0.593. The molecule has 0 aliphatic heterocycles. The molecule has 3 rings (SSSR count). The van der Waals surface area contributed by atoms with Gasteiger partial charge in [-0.15, -0.1) is 11.3 Å². The maximum absolute atomic E-state index is 11.2. The number of ether oxygens (including phenoxy) is 1. The molecule has 10 heteroatoms. The molecule has 0 amide bonds. The largest absolute Gasteiger partial charge is 0.489 e. The monoisotopic (exact) mass is 437 g/mol. The summed E-state index contributed by atoms with van der Waals surface area (Å²) in [5.74, 6) is 0.389. The number of halogens is 4. The van der Waals surface area contributed by atoms with Crippen molar-refractivity contribution in [3.63, 3.8) is 0 Å². The van der Waals surface area contributed by atoms with Crippen molar-refractivity contribution in [2.24, 2.45) is 0 Å². The van der Waals surface area contributed by atoms with Crippen LogP contribution in [0, 0.1) is 0 Å². The van der Waals surface area contributed by atoms with Gasteiger partial charge in [0, 0.05) is 10.6 Å². The van der Waals surface area contributed by atoms with E-state index < -0.39 is 5.60 Å². The molecular formula is C15H11Cl4N3O2S. The van der Waals surface area contributed by atoms with Gasteiger partial charge in [-0.2, -0.15) is 5.10 Å². The molecule has 2 aromatic heterocycles. The first-order valence-corrected chi connectivity index (χ1v) is 9.28. The van der Waals surface area contributed by atoms with Gasteiger partial charge in [0.05, 0.1) is 15.9 Å². The molecule has 132 valence electrons. The molecule has 2 heterocycles.